The summed E-state index contributed by atoms with van der Waals surface area (Å²) in [7, 11) is 0. The van der Waals surface area contributed by atoms with Crippen molar-refractivity contribution in [3.05, 3.63) is 20.3 Å². The summed E-state index contributed by atoms with van der Waals surface area (Å²) in [4.78, 5) is 11.6. The van der Waals surface area contributed by atoms with Crippen molar-refractivity contribution in [3.8, 4) is 0 Å². The maximum Gasteiger partial charge on any atom is 0.253 e. The third-order valence-electron chi connectivity index (χ3n) is 2.00. The van der Waals surface area contributed by atoms with Crippen LogP contribution in [0.4, 0.5) is 0 Å². The molecule has 2 nitrogen and oxygen atoms in total. The van der Waals surface area contributed by atoms with Gasteiger partial charge in [0, 0.05) is 12.4 Å². The van der Waals surface area contributed by atoms with Gasteiger partial charge in [0.1, 0.15) is 4.34 Å². The molecule has 0 bridgehead atoms. The normalized spacial score (nSPS) is 10.4. The van der Waals surface area contributed by atoms with E-state index in [9.17, 15) is 4.79 Å². The van der Waals surface area contributed by atoms with E-state index in [2.05, 4.69) is 5.32 Å². The lowest BCUT2D eigenvalue weighted by Crippen LogP contribution is -2.24. The first-order chi connectivity index (χ1) is 7.65. The molecular weight excluding hydrogens is 289 g/mol. The minimum Gasteiger partial charge on any atom is -0.352 e. The first kappa shape index (κ1) is 14.1. The minimum atomic E-state index is -0.168. The maximum absolute atomic E-state index is 11.6. The minimum absolute atomic E-state index is 0.168. The van der Waals surface area contributed by atoms with Crippen LogP contribution in [0.5, 0.6) is 0 Å². The van der Waals surface area contributed by atoms with Crippen LogP contribution in [0.2, 0.25) is 8.67 Å². The molecule has 0 fully saturated rings. The summed E-state index contributed by atoms with van der Waals surface area (Å²) in [5.74, 6) is 0.499. The molecule has 1 heterocycles. The maximum atomic E-state index is 11.6. The molecule has 1 rings (SSSR count). The first-order valence-electron chi connectivity index (χ1n) is 4.94. The second-order valence-electron chi connectivity index (χ2n) is 3.24. The van der Waals surface area contributed by atoms with E-state index in [-0.39, 0.29) is 5.91 Å². The van der Waals surface area contributed by atoms with Gasteiger partial charge < -0.3 is 5.32 Å². The molecule has 1 aromatic heterocycles. The Bertz CT molecular complexity index is 354. The molecule has 0 aromatic carbocycles. The Balaban J connectivity index is 2.33. The van der Waals surface area contributed by atoms with Crippen molar-refractivity contribution in [3.63, 3.8) is 0 Å². The van der Waals surface area contributed by atoms with Crippen LogP contribution < -0.4 is 5.32 Å². The van der Waals surface area contributed by atoms with Crippen molar-refractivity contribution >= 4 is 52.0 Å². The number of carbonyl (C=O) groups is 1. The molecule has 0 unspecified atom stereocenters. The van der Waals surface area contributed by atoms with Crippen LogP contribution in [-0.4, -0.2) is 18.3 Å². The third-order valence-corrected chi connectivity index (χ3v) is 3.75. The molecule has 1 amide bonds. The summed E-state index contributed by atoms with van der Waals surface area (Å²) < 4.78 is 0.959. The molecule has 0 radical (unpaired) electrons. The molecule has 6 heteroatoms. The Kier molecular flexibility index (Phi) is 6.51. The monoisotopic (exact) mass is 299 g/mol. The molecule has 1 N–H and O–H groups in total. The van der Waals surface area contributed by atoms with Gasteiger partial charge in [-0.25, -0.2) is 0 Å². The summed E-state index contributed by atoms with van der Waals surface area (Å²) >= 11 is 18.4. The van der Waals surface area contributed by atoms with Crippen molar-refractivity contribution in [2.45, 2.75) is 19.3 Å². The number of unbranched alkanes of at least 4 members (excludes halogenated alkanes) is 2. The van der Waals surface area contributed by atoms with Gasteiger partial charge in [-0.1, -0.05) is 29.6 Å². The molecule has 0 spiro atoms. The largest absolute Gasteiger partial charge is 0.352 e. The van der Waals surface area contributed by atoms with E-state index in [1.807, 2.05) is 0 Å². The Morgan fingerprint density at radius 1 is 1.31 bits per heavy atom. The van der Waals surface area contributed by atoms with Crippen molar-refractivity contribution < 1.29 is 4.79 Å². The molecule has 0 saturated heterocycles. The fourth-order valence-electron chi connectivity index (χ4n) is 1.19. The lowest BCUT2D eigenvalue weighted by atomic mass is 10.2. The van der Waals surface area contributed by atoms with Crippen LogP contribution in [-0.2, 0) is 0 Å². The van der Waals surface area contributed by atoms with Crippen molar-refractivity contribution in [1.29, 1.82) is 0 Å². The number of thiophene rings is 1. The summed E-state index contributed by atoms with van der Waals surface area (Å²) in [5, 5.41) is 2.79. The van der Waals surface area contributed by atoms with Gasteiger partial charge in [-0.05, 0) is 18.9 Å². The Labute approximate surface area is 114 Å². The van der Waals surface area contributed by atoms with Crippen LogP contribution >= 0.6 is 46.1 Å². The highest BCUT2D eigenvalue weighted by Gasteiger charge is 2.13. The average molecular weight is 301 g/mol. The quantitative estimate of drug-likeness (QED) is 0.619. The second-order valence-corrected chi connectivity index (χ2v) is 5.91. The van der Waals surface area contributed by atoms with Gasteiger partial charge in [-0.15, -0.1) is 22.9 Å². The molecule has 16 heavy (non-hydrogen) atoms. The highest BCUT2D eigenvalue weighted by atomic mass is 35.5. The number of rotatable bonds is 6. The standard InChI is InChI=1S/C10H12Cl3NOS/c11-4-2-1-3-5-14-10(15)7-6-8(12)16-9(7)13/h6H,1-5H2,(H,14,15). The zero-order chi connectivity index (χ0) is 12.0. The highest BCUT2D eigenvalue weighted by molar-refractivity contribution is 7.20. The molecule has 0 atom stereocenters. The van der Waals surface area contributed by atoms with Crippen LogP contribution in [0.1, 0.15) is 29.6 Å². The van der Waals surface area contributed by atoms with Gasteiger partial charge in [0.2, 0.25) is 0 Å². The van der Waals surface area contributed by atoms with Gasteiger partial charge in [-0.3, -0.25) is 4.79 Å². The molecule has 0 aliphatic heterocycles. The number of alkyl halides is 1. The molecule has 0 saturated carbocycles. The third kappa shape index (κ3) is 4.50. The average Bonchev–Trinajstić information content (AvgIpc) is 2.57. The second kappa shape index (κ2) is 7.38. The predicted octanol–water partition coefficient (Wildman–Crippen LogP) is 4.19. The molecule has 0 aliphatic carbocycles. The van der Waals surface area contributed by atoms with E-state index in [4.69, 9.17) is 34.8 Å². The summed E-state index contributed by atoms with van der Waals surface area (Å²) in [6.07, 6.45) is 2.91. The van der Waals surface area contributed by atoms with Crippen molar-refractivity contribution in [1.82, 2.24) is 5.32 Å². The Morgan fingerprint density at radius 3 is 2.62 bits per heavy atom. The topological polar surface area (TPSA) is 29.1 Å². The number of hydrogen-bond donors (Lipinski definition) is 1. The van der Waals surface area contributed by atoms with Gasteiger partial charge in [0.05, 0.1) is 9.90 Å². The van der Waals surface area contributed by atoms with Gasteiger partial charge in [-0.2, -0.15) is 0 Å². The fourth-order valence-corrected chi connectivity index (χ4v) is 2.84. The lowest BCUT2D eigenvalue weighted by Gasteiger charge is -2.03. The number of halogens is 3. The van der Waals surface area contributed by atoms with E-state index in [0.29, 0.717) is 26.7 Å². The lowest BCUT2D eigenvalue weighted by molar-refractivity contribution is 0.0953. The van der Waals surface area contributed by atoms with Crippen LogP contribution in [0.3, 0.4) is 0 Å². The highest BCUT2D eigenvalue weighted by Crippen LogP contribution is 2.30. The van der Waals surface area contributed by atoms with Crippen LogP contribution in [0.15, 0.2) is 6.07 Å². The zero-order valence-corrected chi connectivity index (χ0v) is 11.6. The van der Waals surface area contributed by atoms with Crippen molar-refractivity contribution in [2.24, 2.45) is 0 Å². The number of hydrogen-bond acceptors (Lipinski definition) is 2. The van der Waals surface area contributed by atoms with E-state index in [0.717, 1.165) is 19.3 Å². The van der Waals surface area contributed by atoms with Crippen molar-refractivity contribution in [2.75, 3.05) is 12.4 Å². The Morgan fingerprint density at radius 2 is 2.06 bits per heavy atom. The van der Waals surface area contributed by atoms with E-state index >= 15 is 0 Å². The number of nitrogens with one attached hydrogen (secondary N) is 1. The zero-order valence-electron chi connectivity index (χ0n) is 8.56. The van der Waals surface area contributed by atoms with E-state index in [1.54, 1.807) is 6.07 Å². The summed E-state index contributed by atoms with van der Waals surface area (Å²) in [6.45, 7) is 0.638. The first-order valence-corrected chi connectivity index (χ1v) is 7.05. The SMILES string of the molecule is O=C(NCCCCCCl)c1cc(Cl)sc1Cl. The van der Waals surface area contributed by atoms with E-state index < -0.39 is 0 Å². The Hall–Kier alpha value is 0.0400. The smallest absolute Gasteiger partial charge is 0.253 e. The number of amides is 1. The number of carbonyl (C=O) groups excluding carboxylic acids is 1. The fraction of sp³-hybridized carbons (Fsp3) is 0.500. The van der Waals surface area contributed by atoms with Crippen LogP contribution in [0.25, 0.3) is 0 Å². The molecule has 0 aliphatic rings. The summed E-state index contributed by atoms with van der Waals surface area (Å²) in [6, 6.07) is 1.59. The predicted molar refractivity (Wildman–Crippen MR) is 71.2 cm³/mol. The van der Waals surface area contributed by atoms with Crippen LogP contribution in [0, 0.1) is 0 Å². The molecular formula is C10H12Cl3NOS. The molecule has 90 valence electrons. The van der Waals surface area contributed by atoms with Gasteiger partial charge in [0.15, 0.2) is 0 Å². The van der Waals surface area contributed by atoms with Gasteiger partial charge >= 0.3 is 0 Å². The summed E-state index contributed by atoms with van der Waals surface area (Å²) in [5.41, 5.74) is 0.453. The van der Waals surface area contributed by atoms with Gasteiger partial charge in [0.25, 0.3) is 5.91 Å². The molecule has 1 aromatic rings. The van der Waals surface area contributed by atoms with E-state index in [1.165, 1.54) is 11.3 Å².